The molecule has 0 aromatic carbocycles. The third kappa shape index (κ3) is 2.91. The zero-order chi connectivity index (χ0) is 12.4. The van der Waals surface area contributed by atoms with E-state index < -0.39 is 0 Å². The van der Waals surface area contributed by atoms with Crippen molar-refractivity contribution in [2.45, 2.75) is 70.4 Å². The summed E-state index contributed by atoms with van der Waals surface area (Å²) in [5.74, 6) is 0.958. The average molecular weight is 250 g/mol. The van der Waals surface area contributed by atoms with Gasteiger partial charge in [0, 0.05) is 25.2 Å². The normalized spacial score (nSPS) is 36.5. The monoisotopic (exact) mass is 250 g/mol. The van der Waals surface area contributed by atoms with E-state index in [2.05, 4.69) is 16.7 Å². The maximum Gasteiger partial charge on any atom is 0.00954 e. The van der Waals surface area contributed by atoms with Gasteiger partial charge in [-0.3, -0.25) is 0 Å². The smallest absolute Gasteiger partial charge is 0.00954 e. The first-order valence-electron chi connectivity index (χ1n) is 8.31. The molecule has 3 aliphatic rings. The van der Waals surface area contributed by atoms with Crippen molar-refractivity contribution in [3.63, 3.8) is 0 Å². The number of rotatable bonds is 3. The molecule has 0 spiro atoms. The molecule has 2 saturated heterocycles. The second-order valence-electron chi connectivity index (χ2n) is 6.93. The molecule has 2 nitrogen and oxygen atoms in total. The van der Waals surface area contributed by atoms with E-state index in [9.17, 15) is 0 Å². The van der Waals surface area contributed by atoms with Crippen LogP contribution in [0.4, 0.5) is 0 Å². The second-order valence-corrected chi connectivity index (χ2v) is 6.93. The Morgan fingerprint density at radius 1 is 0.889 bits per heavy atom. The fourth-order valence-electron chi connectivity index (χ4n) is 4.09. The van der Waals surface area contributed by atoms with E-state index >= 15 is 0 Å². The van der Waals surface area contributed by atoms with Crippen LogP contribution in [0.3, 0.4) is 0 Å². The molecule has 0 aromatic rings. The highest BCUT2D eigenvalue weighted by atomic mass is 15.2. The van der Waals surface area contributed by atoms with Crippen LogP contribution in [0.2, 0.25) is 0 Å². The van der Waals surface area contributed by atoms with E-state index in [0.29, 0.717) is 0 Å². The van der Waals surface area contributed by atoms with Gasteiger partial charge in [0.15, 0.2) is 0 Å². The zero-order valence-electron chi connectivity index (χ0n) is 12.1. The third-order valence-electron chi connectivity index (χ3n) is 5.57. The predicted octanol–water partition coefficient (Wildman–Crippen LogP) is 3.13. The molecule has 0 amide bonds. The van der Waals surface area contributed by atoms with Gasteiger partial charge in [-0.1, -0.05) is 12.8 Å². The summed E-state index contributed by atoms with van der Waals surface area (Å²) in [6.45, 7) is 7.96. The minimum atomic E-state index is 0.845. The first-order valence-corrected chi connectivity index (χ1v) is 8.31. The van der Waals surface area contributed by atoms with Gasteiger partial charge in [0.2, 0.25) is 0 Å². The van der Waals surface area contributed by atoms with E-state index in [1.165, 1.54) is 77.5 Å². The van der Waals surface area contributed by atoms with Crippen LogP contribution in [0.15, 0.2) is 0 Å². The van der Waals surface area contributed by atoms with Crippen molar-refractivity contribution in [3.05, 3.63) is 0 Å². The lowest BCUT2D eigenvalue weighted by Gasteiger charge is -2.44. The molecular weight excluding hydrogens is 220 g/mol. The Morgan fingerprint density at radius 3 is 2.50 bits per heavy atom. The largest absolute Gasteiger partial charge is 0.300 e. The van der Waals surface area contributed by atoms with Gasteiger partial charge in [-0.15, -0.1) is 0 Å². The highest BCUT2D eigenvalue weighted by molar-refractivity contribution is 4.86. The molecular formula is C16H30N2. The van der Waals surface area contributed by atoms with Gasteiger partial charge in [0.1, 0.15) is 0 Å². The first-order chi connectivity index (χ1) is 8.83. The number of piperidine rings is 2. The van der Waals surface area contributed by atoms with Crippen molar-refractivity contribution >= 4 is 0 Å². The maximum atomic E-state index is 2.81. The minimum Gasteiger partial charge on any atom is -0.300 e. The van der Waals surface area contributed by atoms with E-state index in [-0.39, 0.29) is 0 Å². The van der Waals surface area contributed by atoms with E-state index in [1.54, 1.807) is 0 Å². The molecule has 3 fully saturated rings. The van der Waals surface area contributed by atoms with E-state index in [4.69, 9.17) is 0 Å². The summed E-state index contributed by atoms with van der Waals surface area (Å²) in [4.78, 5) is 5.59. The lowest BCUT2D eigenvalue weighted by Crippen LogP contribution is -2.49. The lowest BCUT2D eigenvalue weighted by atomic mass is 9.87. The molecule has 104 valence electrons. The highest BCUT2D eigenvalue weighted by Crippen LogP contribution is 2.30. The van der Waals surface area contributed by atoms with Crippen molar-refractivity contribution in [1.29, 1.82) is 0 Å². The summed E-state index contributed by atoms with van der Waals surface area (Å²) in [7, 11) is 0. The Hall–Kier alpha value is -0.0800. The molecule has 2 heterocycles. The van der Waals surface area contributed by atoms with Gasteiger partial charge in [-0.25, -0.2) is 0 Å². The zero-order valence-corrected chi connectivity index (χ0v) is 12.1. The molecule has 1 saturated carbocycles. The van der Waals surface area contributed by atoms with Crippen LogP contribution in [-0.4, -0.2) is 48.1 Å². The Morgan fingerprint density at radius 2 is 1.78 bits per heavy atom. The standard InChI is InChI=1S/C16H30N2/c1-14-6-2-3-10-17(14)12-15-7-5-11-18(13-15)16-8-4-9-16/h14-16H,2-13H2,1H3/t14-,15+/m0/s1. The highest BCUT2D eigenvalue weighted by Gasteiger charge is 2.31. The summed E-state index contributed by atoms with van der Waals surface area (Å²) in [5.41, 5.74) is 0. The van der Waals surface area contributed by atoms with Crippen molar-refractivity contribution in [2.75, 3.05) is 26.2 Å². The van der Waals surface area contributed by atoms with Crippen LogP contribution in [0.25, 0.3) is 0 Å². The number of hydrogen-bond donors (Lipinski definition) is 0. The predicted molar refractivity (Wildman–Crippen MR) is 76.8 cm³/mol. The van der Waals surface area contributed by atoms with Crippen LogP contribution < -0.4 is 0 Å². The number of hydrogen-bond acceptors (Lipinski definition) is 2. The molecule has 0 unspecified atom stereocenters. The quantitative estimate of drug-likeness (QED) is 0.759. The molecule has 0 aromatic heterocycles. The van der Waals surface area contributed by atoms with E-state index in [0.717, 1.165) is 18.0 Å². The van der Waals surface area contributed by atoms with Crippen LogP contribution >= 0.6 is 0 Å². The van der Waals surface area contributed by atoms with Crippen molar-refractivity contribution < 1.29 is 0 Å². The summed E-state index contributed by atoms with van der Waals surface area (Å²) in [6, 6.07) is 1.81. The Kier molecular flexibility index (Phi) is 4.25. The Bertz CT molecular complexity index is 262. The van der Waals surface area contributed by atoms with Crippen LogP contribution in [-0.2, 0) is 0 Å². The molecule has 0 bridgehead atoms. The molecule has 2 atom stereocenters. The summed E-state index contributed by atoms with van der Waals surface area (Å²) in [5, 5.41) is 0. The fourth-order valence-corrected chi connectivity index (χ4v) is 4.09. The molecule has 0 N–H and O–H groups in total. The summed E-state index contributed by atoms with van der Waals surface area (Å²) >= 11 is 0. The Labute approximate surface area is 113 Å². The fraction of sp³-hybridized carbons (Fsp3) is 1.00. The van der Waals surface area contributed by atoms with E-state index in [1.807, 2.05) is 0 Å². The van der Waals surface area contributed by atoms with Crippen molar-refractivity contribution in [3.8, 4) is 0 Å². The first kappa shape index (κ1) is 12.9. The molecule has 2 heteroatoms. The number of nitrogens with zero attached hydrogens (tertiary/aromatic N) is 2. The number of likely N-dealkylation sites (tertiary alicyclic amines) is 2. The Balaban J connectivity index is 1.49. The van der Waals surface area contributed by atoms with Crippen LogP contribution in [0.5, 0.6) is 0 Å². The molecule has 1 aliphatic carbocycles. The van der Waals surface area contributed by atoms with Crippen molar-refractivity contribution in [1.82, 2.24) is 9.80 Å². The SMILES string of the molecule is C[C@H]1CCCCN1C[C@H]1CCCN(C2CCC2)C1. The average Bonchev–Trinajstić information content (AvgIpc) is 2.31. The molecule has 18 heavy (non-hydrogen) atoms. The molecule has 2 aliphatic heterocycles. The van der Waals surface area contributed by atoms with Gasteiger partial charge in [-0.05, 0) is 64.5 Å². The van der Waals surface area contributed by atoms with Gasteiger partial charge >= 0.3 is 0 Å². The third-order valence-corrected chi connectivity index (χ3v) is 5.57. The van der Waals surface area contributed by atoms with Crippen molar-refractivity contribution in [2.24, 2.45) is 5.92 Å². The maximum absolute atomic E-state index is 2.81. The minimum absolute atomic E-state index is 0.845. The topological polar surface area (TPSA) is 6.48 Å². The van der Waals surface area contributed by atoms with Gasteiger partial charge < -0.3 is 9.80 Å². The molecule has 3 rings (SSSR count). The molecule has 0 radical (unpaired) electrons. The van der Waals surface area contributed by atoms with Crippen LogP contribution in [0, 0.1) is 5.92 Å². The van der Waals surface area contributed by atoms with Crippen LogP contribution in [0.1, 0.15) is 58.3 Å². The summed E-state index contributed by atoms with van der Waals surface area (Å²) < 4.78 is 0. The second kappa shape index (κ2) is 5.92. The van der Waals surface area contributed by atoms with Gasteiger partial charge in [-0.2, -0.15) is 0 Å². The van der Waals surface area contributed by atoms with Gasteiger partial charge in [0.25, 0.3) is 0 Å². The lowest BCUT2D eigenvalue weighted by molar-refractivity contribution is 0.0500. The van der Waals surface area contributed by atoms with Gasteiger partial charge in [0.05, 0.1) is 0 Å². The summed E-state index contributed by atoms with van der Waals surface area (Å²) in [6.07, 6.45) is 11.7.